The van der Waals surface area contributed by atoms with Crippen LogP contribution in [0.4, 0.5) is 0 Å². The molecule has 3 amide bonds. The maximum absolute atomic E-state index is 13.3. The summed E-state index contributed by atoms with van der Waals surface area (Å²) in [6.45, 7) is 5.81. The number of hydrogen-bond acceptors (Lipinski definition) is 8. The van der Waals surface area contributed by atoms with E-state index < -0.39 is 54.0 Å². The summed E-state index contributed by atoms with van der Waals surface area (Å²) in [5.74, 6) is -2.12. The number of H-pyrrole nitrogens is 1. The van der Waals surface area contributed by atoms with Crippen LogP contribution in [0.15, 0.2) is 30.5 Å². The molecule has 0 fully saturated rings. The van der Waals surface area contributed by atoms with Crippen molar-refractivity contribution in [2.75, 3.05) is 19.6 Å². The van der Waals surface area contributed by atoms with E-state index in [-0.39, 0.29) is 6.42 Å². The predicted molar refractivity (Wildman–Crippen MR) is 159 cm³/mol. The summed E-state index contributed by atoms with van der Waals surface area (Å²) in [5, 5.41) is 8.92. The van der Waals surface area contributed by atoms with Gasteiger partial charge in [0.2, 0.25) is 17.7 Å². The van der Waals surface area contributed by atoms with Crippen LogP contribution in [0.25, 0.3) is 10.9 Å². The number of carbonyl (C=O) groups excluding carboxylic acids is 4. The van der Waals surface area contributed by atoms with Crippen molar-refractivity contribution >= 4 is 34.6 Å². The van der Waals surface area contributed by atoms with E-state index in [1.807, 2.05) is 24.3 Å². The average Bonchev–Trinajstić information content (AvgIpc) is 3.32. The molecule has 0 aliphatic carbocycles. The summed E-state index contributed by atoms with van der Waals surface area (Å²) in [6.07, 6.45) is 5.50. The van der Waals surface area contributed by atoms with Crippen molar-refractivity contribution in [3.63, 3.8) is 0 Å². The molecular weight excluding hydrogens is 526 g/mol. The fourth-order valence-electron chi connectivity index (χ4n) is 4.30. The number of nitrogens with two attached hydrogens (primary N) is 3. The molecule has 1 heterocycles. The molecule has 12 nitrogen and oxygen atoms in total. The summed E-state index contributed by atoms with van der Waals surface area (Å²) in [4.78, 5) is 54.7. The van der Waals surface area contributed by atoms with Gasteiger partial charge in [0.05, 0.1) is 12.6 Å². The molecule has 228 valence electrons. The second kappa shape index (κ2) is 16.7. The SMILES string of the molecule is CC(C)(C)OC(=O)C(CCCCN)NC(=O)CNC(=O)C(Cc1c[nH]c2ccccc12)NC(=O)C(N)CCCCN. The van der Waals surface area contributed by atoms with Crippen molar-refractivity contribution in [3.05, 3.63) is 36.0 Å². The van der Waals surface area contributed by atoms with Crippen LogP contribution in [0, 0.1) is 0 Å². The van der Waals surface area contributed by atoms with Crippen molar-refractivity contribution in [2.24, 2.45) is 17.2 Å². The zero-order valence-corrected chi connectivity index (χ0v) is 24.5. The van der Waals surface area contributed by atoms with Crippen LogP contribution in [0.2, 0.25) is 0 Å². The smallest absolute Gasteiger partial charge is 0.329 e. The first-order valence-electron chi connectivity index (χ1n) is 14.3. The molecule has 0 saturated heterocycles. The summed E-state index contributed by atoms with van der Waals surface area (Å²) >= 11 is 0. The van der Waals surface area contributed by atoms with E-state index in [1.54, 1.807) is 27.0 Å². The Kier molecular flexibility index (Phi) is 13.7. The topological polar surface area (TPSA) is 207 Å². The summed E-state index contributed by atoms with van der Waals surface area (Å²) in [7, 11) is 0. The van der Waals surface area contributed by atoms with Gasteiger partial charge in [0.25, 0.3) is 0 Å². The first-order chi connectivity index (χ1) is 19.4. The Morgan fingerprint density at radius 2 is 1.56 bits per heavy atom. The van der Waals surface area contributed by atoms with Crippen molar-refractivity contribution in [3.8, 4) is 0 Å². The highest BCUT2D eigenvalue weighted by Crippen LogP contribution is 2.19. The number of nitrogens with one attached hydrogen (secondary N) is 4. The number of aromatic nitrogens is 1. The molecule has 0 radical (unpaired) electrons. The molecule has 1 aromatic carbocycles. The second-order valence-corrected chi connectivity index (χ2v) is 11.2. The summed E-state index contributed by atoms with van der Waals surface area (Å²) < 4.78 is 5.45. The monoisotopic (exact) mass is 573 g/mol. The van der Waals surface area contributed by atoms with E-state index in [4.69, 9.17) is 21.9 Å². The number of fused-ring (bicyclic) bond motifs is 1. The third-order valence-electron chi connectivity index (χ3n) is 6.43. The molecule has 10 N–H and O–H groups in total. The fourth-order valence-corrected chi connectivity index (χ4v) is 4.30. The molecule has 3 atom stereocenters. The molecule has 0 spiro atoms. The largest absolute Gasteiger partial charge is 0.458 e. The Balaban J connectivity index is 2.09. The lowest BCUT2D eigenvalue weighted by atomic mass is 10.0. The summed E-state index contributed by atoms with van der Waals surface area (Å²) in [5.41, 5.74) is 18.2. The Morgan fingerprint density at radius 3 is 2.22 bits per heavy atom. The van der Waals surface area contributed by atoms with Gasteiger partial charge in [0.1, 0.15) is 17.7 Å². The Bertz CT molecular complexity index is 1140. The molecule has 2 aromatic rings. The van der Waals surface area contributed by atoms with Crippen LogP contribution in [-0.2, 0) is 30.3 Å². The minimum Gasteiger partial charge on any atom is -0.458 e. The van der Waals surface area contributed by atoms with Gasteiger partial charge in [0, 0.05) is 23.5 Å². The Morgan fingerprint density at radius 1 is 0.902 bits per heavy atom. The molecule has 0 aliphatic rings. The molecule has 3 unspecified atom stereocenters. The lowest BCUT2D eigenvalue weighted by molar-refractivity contribution is -0.158. The van der Waals surface area contributed by atoms with Gasteiger partial charge in [-0.2, -0.15) is 0 Å². The van der Waals surface area contributed by atoms with E-state index in [2.05, 4.69) is 20.9 Å². The highest BCUT2D eigenvalue weighted by Gasteiger charge is 2.28. The van der Waals surface area contributed by atoms with Crippen LogP contribution in [0.5, 0.6) is 0 Å². The second-order valence-electron chi connectivity index (χ2n) is 11.2. The van der Waals surface area contributed by atoms with E-state index in [0.717, 1.165) is 22.9 Å². The van der Waals surface area contributed by atoms with Crippen LogP contribution in [0.1, 0.15) is 64.9 Å². The van der Waals surface area contributed by atoms with Gasteiger partial charge in [-0.1, -0.05) is 24.6 Å². The molecule has 41 heavy (non-hydrogen) atoms. The molecule has 12 heteroatoms. The first kappa shape index (κ1) is 33.7. The molecule has 0 bridgehead atoms. The zero-order valence-electron chi connectivity index (χ0n) is 24.5. The third kappa shape index (κ3) is 11.9. The number of unbranched alkanes of at least 4 members (excludes halogenated alkanes) is 2. The first-order valence-corrected chi connectivity index (χ1v) is 14.3. The van der Waals surface area contributed by atoms with Crippen molar-refractivity contribution in [2.45, 2.75) is 89.4 Å². The van der Waals surface area contributed by atoms with Gasteiger partial charge in [-0.15, -0.1) is 0 Å². The number of rotatable bonds is 17. The highest BCUT2D eigenvalue weighted by atomic mass is 16.6. The predicted octanol–water partition coefficient (Wildman–Crippen LogP) is 0.723. The number of amides is 3. The Labute approximate surface area is 241 Å². The van der Waals surface area contributed by atoms with Gasteiger partial charge in [-0.05, 0) is 77.6 Å². The van der Waals surface area contributed by atoms with Crippen molar-refractivity contribution in [1.82, 2.24) is 20.9 Å². The van der Waals surface area contributed by atoms with Crippen LogP contribution in [0.3, 0.4) is 0 Å². The average molecular weight is 574 g/mol. The number of para-hydroxylation sites is 1. The number of hydrogen-bond donors (Lipinski definition) is 7. The minimum atomic E-state index is -0.985. The van der Waals surface area contributed by atoms with Crippen molar-refractivity contribution < 1.29 is 23.9 Å². The van der Waals surface area contributed by atoms with E-state index in [1.165, 1.54) is 0 Å². The molecule has 1 aromatic heterocycles. The summed E-state index contributed by atoms with van der Waals surface area (Å²) in [6, 6.07) is 4.96. The number of carbonyl (C=O) groups is 4. The maximum atomic E-state index is 13.3. The molecule has 2 rings (SSSR count). The normalized spacial score (nSPS) is 13.7. The maximum Gasteiger partial charge on any atom is 0.329 e. The third-order valence-corrected chi connectivity index (χ3v) is 6.43. The fraction of sp³-hybridized carbons (Fsp3) is 0.586. The number of esters is 1. The standard InChI is InChI=1S/C29H47N7O5/c1-29(2,3)41-28(40)23(13-7-9-15-31)35-25(37)18-34-27(39)24(36-26(38)21(32)11-6-8-14-30)16-19-17-33-22-12-5-4-10-20(19)22/h4-5,10,12,17,21,23-24,33H,6-9,11,13-16,18,30-32H2,1-3H3,(H,34,39)(H,35,37)(H,36,38). The quantitative estimate of drug-likeness (QED) is 0.106. The number of aromatic amines is 1. The van der Waals surface area contributed by atoms with Gasteiger partial charge in [0.15, 0.2) is 0 Å². The van der Waals surface area contributed by atoms with Gasteiger partial charge >= 0.3 is 5.97 Å². The number of benzene rings is 1. The highest BCUT2D eigenvalue weighted by molar-refractivity contribution is 5.93. The minimum absolute atomic E-state index is 0.179. The lowest BCUT2D eigenvalue weighted by Crippen LogP contribution is -2.54. The zero-order chi connectivity index (χ0) is 30.4. The molecular formula is C29H47N7O5. The lowest BCUT2D eigenvalue weighted by Gasteiger charge is -2.25. The molecule has 0 aliphatic heterocycles. The van der Waals surface area contributed by atoms with Gasteiger partial charge in [-0.25, -0.2) is 4.79 Å². The van der Waals surface area contributed by atoms with Gasteiger partial charge < -0.3 is 42.9 Å². The van der Waals surface area contributed by atoms with Crippen LogP contribution in [-0.4, -0.2) is 72.0 Å². The van der Waals surface area contributed by atoms with Crippen LogP contribution >= 0.6 is 0 Å². The number of ether oxygens (including phenoxy) is 1. The molecule has 0 saturated carbocycles. The van der Waals surface area contributed by atoms with E-state index in [9.17, 15) is 19.2 Å². The van der Waals surface area contributed by atoms with Crippen LogP contribution < -0.4 is 33.2 Å². The van der Waals surface area contributed by atoms with E-state index >= 15 is 0 Å². The van der Waals surface area contributed by atoms with E-state index in [0.29, 0.717) is 45.2 Å². The van der Waals surface area contributed by atoms with Gasteiger partial charge in [-0.3, -0.25) is 14.4 Å². The Hall–Kier alpha value is -3.48. The van der Waals surface area contributed by atoms with Crippen molar-refractivity contribution in [1.29, 1.82) is 0 Å².